The SMILES string of the molecule is O=C(/C=C/c1ccc(O)cc1)C1=C(O)C(O)([C@@H]2O[C@H](CO)[C@@H](O)[C@H](O)[C@H]2O)C(=O)/C(=C/C2=C(O)C(O)([C@@H]3O[C@H](COCCO)[C@@H](O)[C@H](O)[C@H]3O)C(O)=C(C(=O)/C=C/c3ccc(O)cc3)C2=O)C1=O. The normalized spacial score (nSPS) is 33.4. The van der Waals surface area contributed by atoms with E-state index >= 15 is 0 Å². The van der Waals surface area contributed by atoms with Crippen molar-refractivity contribution in [1.29, 1.82) is 0 Å². The quantitative estimate of drug-likeness (QED) is 0.0491. The Balaban J connectivity index is 1.58. The first kappa shape index (κ1) is 51.1. The van der Waals surface area contributed by atoms with Crippen molar-refractivity contribution in [1.82, 2.24) is 0 Å². The molecular weight excluding hydrogens is 908 g/mol. The van der Waals surface area contributed by atoms with Gasteiger partial charge in [0.25, 0.3) is 0 Å². The third-order valence-corrected chi connectivity index (χ3v) is 11.7. The summed E-state index contributed by atoms with van der Waals surface area (Å²) < 4.78 is 16.1. The Morgan fingerprint density at radius 3 is 1.51 bits per heavy atom. The lowest BCUT2D eigenvalue weighted by Gasteiger charge is -2.47. The number of rotatable bonds is 14. The summed E-state index contributed by atoms with van der Waals surface area (Å²) in [5, 5.41) is 163. The first-order valence-corrected chi connectivity index (χ1v) is 20.4. The summed E-state index contributed by atoms with van der Waals surface area (Å²) >= 11 is 0. The number of ether oxygens (including phenoxy) is 3. The van der Waals surface area contributed by atoms with Gasteiger partial charge in [-0.2, -0.15) is 0 Å². The van der Waals surface area contributed by atoms with E-state index in [0.717, 1.165) is 12.2 Å². The second kappa shape index (κ2) is 20.1. The van der Waals surface area contributed by atoms with Crippen LogP contribution in [-0.2, 0) is 38.2 Å². The number of carbonyl (C=O) groups excluding carboxylic acids is 5. The van der Waals surface area contributed by atoms with Crippen molar-refractivity contribution in [3.8, 4) is 11.5 Å². The average molecular weight is 955 g/mol. The van der Waals surface area contributed by atoms with Crippen molar-refractivity contribution < 1.29 is 115 Å². The average Bonchev–Trinajstić information content (AvgIpc) is 3.31. The Bertz CT molecular complexity index is 2520. The lowest BCUT2D eigenvalue weighted by molar-refractivity contribution is -0.267. The summed E-state index contributed by atoms with van der Waals surface area (Å²) in [5.74, 6) is -14.7. The van der Waals surface area contributed by atoms with E-state index in [-0.39, 0.29) is 35.3 Å². The molecule has 15 N–H and O–H groups in total. The Hall–Kier alpha value is -6.29. The van der Waals surface area contributed by atoms with Crippen molar-refractivity contribution in [3.63, 3.8) is 0 Å². The summed E-state index contributed by atoms with van der Waals surface area (Å²) in [5.41, 5.74) is -13.4. The second-order valence-electron chi connectivity index (χ2n) is 16.0. The molecule has 23 nitrogen and oxygen atoms in total. The number of hydrogen-bond donors (Lipinski definition) is 15. The summed E-state index contributed by atoms with van der Waals surface area (Å²) in [4.78, 5) is 71.3. The number of Topliss-reactive ketones (excluding diaryl/α,β-unsaturated/α-hetero) is 3. The predicted octanol–water partition coefficient (Wildman–Crippen LogP) is -3.78. The molecule has 12 atom stereocenters. The van der Waals surface area contributed by atoms with Gasteiger partial charge in [-0.15, -0.1) is 0 Å². The Morgan fingerprint density at radius 1 is 0.588 bits per heavy atom. The summed E-state index contributed by atoms with van der Waals surface area (Å²) in [6.07, 6.45) is -19.6. The number of ketones is 5. The third-order valence-electron chi connectivity index (χ3n) is 11.7. The monoisotopic (exact) mass is 954 g/mol. The fourth-order valence-electron chi connectivity index (χ4n) is 7.93. The van der Waals surface area contributed by atoms with E-state index in [9.17, 15) is 101 Å². The first-order chi connectivity index (χ1) is 32.0. The number of allylic oxidation sites excluding steroid dienone is 6. The van der Waals surface area contributed by atoms with Gasteiger partial charge in [0.05, 0.1) is 37.6 Å². The first-order valence-electron chi connectivity index (χ1n) is 20.4. The van der Waals surface area contributed by atoms with Gasteiger partial charge in [-0.25, -0.2) is 0 Å². The Morgan fingerprint density at radius 2 is 1.03 bits per heavy atom. The zero-order valence-electron chi connectivity index (χ0n) is 35.1. The van der Waals surface area contributed by atoms with Crippen LogP contribution in [0.1, 0.15) is 11.1 Å². The maximum absolute atomic E-state index is 14.6. The van der Waals surface area contributed by atoms with Gasteiger partial charge in [-0.1, -0.05) is 36.4 Å². The van der Waals surface area contributed by atoms with E-state index < -0.39 is 161 Å². The van der Waals surface area contributed by atoms with E-state index in [2.05, 4.69) is 0 Å². The zero-order valence-corrected chi connectivity index (χ0v) is 35.1. The molecule has 2 aliphatic heterocycles. The smallest absolute Gasteiger partial charge is 0.214 e. The summed E-state index contributed by atoms with van der Waals surface area (Å²) in [6, 6.07) is 9.99. The van der Waals surface area contributed by atoms with E-state index in [1.54, 1.807) is 0 Å². The number of phenolic OH excluding ortho intramolecular Hbond substituents is 2. The number of hydrogen-bond acceptors (Lipinski definition) is 23. The summed E-state index contributed by atoms with van der Waals surface area (Å²) in [7, 11) is 0. The fraction of sp³-hybridized carbons (Fsp3) is 0.356. The molecule has 2 aliphatic carbocycles. The molecule has 68 heavy (non-hydrogen) atoms. The molecule has 0 bridgehead atoms. The number of aliphatic hydroxyl groups excluding tert-OH is 11. The molecule has 6 rings (SSSR count). The molecule has 2 fully saturated rings. The van der Waals surface area contributed by atoms with E-state index in [4.69, 9.17) is 14.2 Å². The van der Waals surface area contributed by atoms with Crippen LogP contribution in [0.15, 0.2) is 106 Å². The molecule has 0 spiro atoms. The van der Waals surface area contributed by atoms with Gasteiger partial charge in [0, 0.05) is 0 Å². The van der Waals surface area contributed by atoms with Crippen LogP contribution >= 0.6 is 0 Å². The van der Waals surface area contributed by atoms with Crippen molar-refractivity contribution in [2.24, 2.45) is 0 Å². The molecule has 0 radical (unpaired) electrons. The van der Waals surface area contributed by atoms with Crippen LogP contribution in [0.2, 0.25) is 0 Å². The second-order valence-corrected chi connectivity index (χ2v) is 16.0. The molecule has 2 aromatic rings. The van der Waals surface area contributed by atoms with Gasteiger partial charge < -0.3 is 90.8 Å². The standard InChI is InChI=1S/C45H46O23/c46-13-14-66-17-27-33(55)35(57)37(59)43(68-27)45(65)39(61)23(31(53)29(41(45)63)25(51)12-6-19-3-9-21(49)10-4-19)15-22-30(52)28(24(50)11-5-18-1-7-20(48)8-2-18)40(62)44(64,38(22)60)42-36(58)34(56)32(54)26(16-47)67-42/h1-12,15,26-27,32-37,42-43,46-49,54-59,61-65H,13-14,16-17H2/b11-5+,12-6+,22-15+/t26-,27-,32-,33-,34+,35+,36-,37-,42-,43-,44?,45?/m1/s1. The highest BCUT2D eigenvalue weighted by Crippen LogP contribution is 2.45. The minimum atomic E-state index is -3.90. The molecule has 2 aromatic carbocycles. The van der Waals surface area contributed by atoms with Gasteiger partial charge in [-0.05, 0) is 53.6 Å². The van der Waals surface area contributed by atoms with E-state index in [1.165, 1.54) is 48.5 Å². The van der Waals surface area contributed by atoms with E-state index in [1.807, 2.05) is 0 Å². The van der Waals surface area contributed by atoms with Crippen molar-refractivity contribution >= 4 is 41.1 Å². The molecule has 364 valence electrons. The zero-order chi connectivity index (χ0) is 50.2. The number of aliphatic hydroxyl groups is 13. The van der Waals surface area contributed by atoms with Gasteiger partial charge in [0.2, 0.25) is 28.6 Å². The van der Waals surface area contributed by atoms with Crippen LogP contribution in [0, 0.1) is 0 Å². The van der Waals surface area contributed by atoms with Gasteiger partial charge in [-0.3, -0.25) is 24.0 Å². The Labute approximate surface area is 382 Å². The largest absolute Gasteiger partial charge is 0.508 e. The van der Waals surface area contributed by atoms with Crippen LogP contribution in [0.5, 0.6) is 11.5 Å². The molecule has 0 amide bonds. The maximum Gasteiger partial charge on any atom is 0.214 e. The molecule has 23 heteroatoms. The third kappa shape index (κ3) is 9.06. The number of benzene rings is 2. The maximum atomic E-state index is 14.6. The van der Waals surface area contributed by atoms with Crippen LogP contribution in [0.4, 0.5) is 0 Å². The fourth-order valence-corrected chi connectivity index (χ4v) is 7.93. The van der Waals surface area contributed by atoms with Gasteiger partial charge in [0.15, 0.2) is 11.6 Å². The lowest BCUT2D eigenvalue weighted by atomic mass is 9.70. The highest BCUT2D eigenvalue weighted by Gasteiger charge is 2.64. The van der Waals surface area contributed by atoms with Crippen LogP contribution < -0.4 is 0 Å². The van der Waals surface area contributed by atoms with Crippen LogP contribution in [-0.4, -0.2) is 204 Å². The molecule has 2 heterocycles. The van der Waals surface area contributed by atoms with Gasteiger partial charge in [0.1, 0.15) is 101 Å². The van der Waals surface area contributed by atoms with Crippen LogP contribution in [0.3, 0.4) is 0 Å². The highest BCUT2D eigenvalue weighted by molar-refractivity contribution is 6.42. The Kier molecular flexibility index (Phi) is 15.1. The molecule has 4 aliphatic rings. The molecule has 0 saturated carbocycles. The molecule has 2 saturated heterocycles. The van der Waals surface area contributed by atoms with Crippen molar-refractivity contribution in [3.05, 3.63) is 117 Å². The minimum absolute atomic E-state index is 0.0808. The van der Waals surface area contributed by atoms with Crippen LogP contribution in [0.25, 0.3) is 12.2 Å². The van der Waals surface area contributed by atoms with Crippen molar-refractivity contribution in [2.45, 2.75) is 72.2 Å². The topological polar surface area (TPSA) is 416 Å². The lowest BCUT2D eigenvalue weighted by Crippen LogP contribution is -2.69. The molecule has 0 aromatic heterocycles. The van der Waals surface area contributed by atoms with Gasteiger partial charge >= 0.3 is 0 Å². The molecular formula is C45H46O23. The number of phenols is 2. The summed E-state index contributed by atoms with van der Waals surface area (Å²) in [6.45, 7) is -2.82. The molecule has 2 unspecified atom stereocenters. The predicted molar refractivity (Wildman–Crippen MR) is 225 cm³/mol. The van der Waals surface area contributed by atoms with E-state index in [0.29, 0.717) is 12.2 Å². The number of aromatic hydroxyl groups is 2. The minimum Gasteiger partial charge on any atom is -0.508 e. The van der Waals surface area contributed by atoms with Crippen molar-refractivity contribution in [2.75, 3.05) is 26.4 Å². The number of carbonyl (C=O) groups is 5. The highest BCUT2D eigenvalue weighted by atomic mass is 16.6.